The second kappa shape index (κ2) is 11.7. The monoisotopic (exact) mass is 430 g/mol. The van der Waals surface area contributed by atoms with Crippen LogP contribution in [-0.4, -0.2) is 57.6 Å². The SMILES string of the molecule is CO[C@H](COCc1ccccc1)[C@H]1OC(C)(C)O[C@@H]1[C@@H](COCc1ccccc1)OC. The minimum Gasteiger partial charge on any atom is -0.376 e. The second-order valence-electron chi connectivity index (χ2n) is 8.11. The van der Waals surface area contributed by atoms with Crippen molar-refractivity contribution in [2.24, 2.45) is 0 Å². The summed E-state index contributed by atoms with van der Waals surface area (Å²) in [5.74, 6) is -0.748. The first kappa shape index (κ1) is 23.9. The van der Waals surface area contributed by atoms with Gasteiger partial charge >= 0.3 is 0 Å². The summed E-state index contributed by atoms with van der Waals surface area (Å²) in [6, 6.07) is 20.1. The summed E-state index contributed by atoms with van der Waals surface area (Å²) in [6.07, 6.45) is -1.30. The van der Waals surface area contributed by atoms with E-state index >= 15 is 0 Å². The lowest BCUT2D eigenvalue weighted by atomic mass is 10.0. The summed E-state index contributed by atoms with van der Waals surface area (Å²) < 4.78 is 35.7. The highest BCUT2D eigenvalue weighted by molar-refractivity contribution is 5.14. The molecule has 0 unspecified atom stereocenters. The van der Waals surface area contributed by atoms with Crippen LogP contribution < -0.4 is 0 Å². The number of methoxy groups -OCH3 is 2. The van der Waals surface area contributed by atoms with Gasteiger partial charge < -0.3 is 28.4 Å². The van der Waals surface area contributed by atoms with Gasteiger partial charge in [0.15, 0.2) is 5.79 Å². The Morgan fingerprint density at radius 3 is 1.45 bits per heavy atom. The minimum absolute atomic E-state index is 0.303. The molecule has 4 atom stereocenters. The molecule has 1 aliphatic heterocycles. The van der Waals surface area contributed by atoms with Gasteiger partial charge in [0.25, 0.3) is 0 Å². The van der Waals surface area contributed by atoms with E-state index in [2.05, 4.69) is 0 Å². The molecule has 0 N–H and O–H groups in total. The molecule has 1 heterocycles. The van der Waals surface area contributed by atoms with E-state index in [-0.39, 0.29) is 24.4 Å². The standard InChI is InChI=1S/C25H34O6/c1-25(2)30-23(21(26-3)17-28-15-19-11-7-5-8-12-19)24(31-25)22(27-4)18-29-16-20-13-9-6-10-14-20/h5-14,21-24H,15-18H2,1-4H3/t21-,22-,23-,24-/m1/s1. The van der Waals surface area contributed by atoms with E-state index in [1.165, 1.54) is 0 Å². The molecular formula is C25H34O6. The van der Waals surface area contributed by atoms with Gasteiger partial charge in [-0.2, -0.15) is 0 Å². The summed E-state index contributed by atoms with van der Waals surface area (Å²) >= 11 is 0. The average Bonchev–Trinajstić information content (AvgIpc) is 3.10. The lowest BCUT2D eigenvalue weighted by Gasteiger charge is -2.29. The van der Waals surface area contributed by atoms with Crippen molar-refractivity contribution in [3.05, 3.63) is 71.8 Å². The zero-order chi connectivity index (χ0) is 22.1. The Morgan fingerprint density at radius 2 is 1.10 bits per heavy atom. The van der Waals surface area contributed by atoms with Gasteiger partial charge in [0.05, 0.1) is 26.4 Å². The summed E-state index contributed by atoms with van der Waals surface area (Å²) in [7, 11) is 3.33. The third-order valence-corrected chi connectivity index (χ3v) is 5.29. The predicted molar refractivity (Wildman–Crippen MR) is 118 cm³/mol. The molecule has 0 aromatic heterocycles. The predicted octanol–water partition coefficient (Wildman–Crippen LogP) is 3.97. The second-order valence-corrected chi connectivity index (χ2v) is 8.11. The highest BCUT2D eigenvalue weighted by Gasteiger charge is 2.49. The van der Waals surface area contributed by atoms with Gasteiger partial charge in [-0.25, -0.2) is 0 Å². The van der Waals surface area contributed by atoms with Gasteiger partial charge in [-0.05, 0) is 25.0 Å². The van der Waals surface area contributed by atoms with Crippen LogP contribution in [0.25, 0.3) is 0 Å². The van der Waals surface area contributed by atoms with Crippen molar-refractivity contribution in [2.45, 2.75) is 57.3 Å². The van der Waals surface area contributed by atoms with Crippen molar-refractivity contribution in [3.63, 3.8) is 0 Å². The topological polar surface area (TPSA) is 55.4 Å². The molecule has 2 aromatic carbocycles. The van der Waals surface area contributed by atoms with E-state index in [4.69, 9.17) is 28.4 Å². The number of benzene rings is 2. The fourth-order valence-electron chi connectivity index (χ4n) is 3.72. The van der Waals surface area contributed by atoms with Gasteiger partial charge in [-0.1, -0.05) is 60.7 Å². The Kier molecular flexibility index (Phi) is 9.02. The van der Waals surface area contributed by atoms with Crippen LogP contribution in [0.4, 0.5) is 0 Å². The third-order valence-electron chi connectivity index (χ3n) is 5.29. The maximum atomic E-state index is 6.20. The van der Waals surface area contributed by atoms with Gasteiger partial charge in [0.1, 0.15) is 24.4 Å². The quantitative estimate of drug-likeness (QED) is 0.508. The molecule has 1 fully saturated rings. The molecule has 0 amide bonds. The lowest BCUT2D eigenvalue weighted by Crippen LogP contribution is -2.47. The lowest BCUT2D eigenvalue weighted by molar-refractivity contribution is -0.168. The summed E-state index contributed by atoms with van der Waals surface area (Å²) in [6.45, 7) is 5.58. The molecule has 6 nitrogen and oxygen atoms in total. The van der Waals surface area contributed by atoms with E-state index < -0.39 is 5.79 Å². The Bertz CT molecular complexity index is 688. The summed E-state index contributed by atoms with van der Waals surface area (Å²) in [5.41, 5.74) is 2.23. The first-order chi connectivity index (χ1) is 15.0. The molecular weight excluding hydrogens is 396 g/mol. The van der Waals surface area contributed by atoms with Crippen molar-refractivity contribution in [1.82, 2.24) is 0 Å². The van der Waals surface area contributed by atoms with Gasteiger partial charge in [-0.15, -0.1) is 0 Å². The van der Waals surface area contributed by atoms with Crippen LogP contribution in [0.15, 0.2) is 60.7 Å². The van der Waals surface area contributed by atoms with Gasteiger partial charge in [0.2, 0.25) is 0 Å². The fraction of sp³-hybridized carbons (Fsp3) is 0.520. The maximum absolute atomic E-state index is 6.20. The van der Waals surface area contributed by atoms with Crippen LogP contribution in [0.3, 0.4) is 0 Å². The van der Waals surface area contributed by atoms with Crippen LogP contribution in [-0.2, 0) is 41.6 Å². The van der Waals surface area contributed by atoms with Crippen molar-refractivity contribution in [3.8, 4) is 0 Å². The molecule has 1 aliphatic rings. The Morgan fingerprint density at radius 1 is 0.710 bits per heavy atom. The fourth-order valence-corrected chi connectivity index (χ4v) is 3.72. The largest absolute Gasteiger partial charge is 0.376 e. The maximum Gasteiger partial charge on any atom is 0.164 e. The molecule has 3 rings (SSSR count). The van der Waals surface area contributed by atoms with Crippen LogP contribution in [0.5, 0.6) is 0 Å². The first-order valence-electron chi connectivity index (χ1n) is 10.7. The third kappa shape index (κ3) is 7.10. The smallest absolute Gasteiger partial charge is 0.164 e. The van der Waals surface area contributed by atoms with Crippen molar-refractivity contribution in [1.29, 1.82) is 0 Å². The van der Waals surface area contributed by atoms with Gasteiger partial charge in [0, 0.05) is 14.2 Å². The number of hydrogen-bond donors (Lipinski definition) is 0. The Labute approximate surface area is 185 Å². The molecule has 1 saturated heterocycles. The van der Waals surface area contributed by atoms with Crippen LogP contribution in [0, 0.1) is 0 Å². The molecule has 31 heavy (non-hydrogen) atoms. The number of rotatable bonds is 12. The van der Waals surface area contributed by atoms with E-state index in [1.54, 1.807) is 14.2 Å². The van der Waals surface area contributed by atoms with Crippen molar-refractivity contribution >= 4 is 0 Å². The minimum atomic E-state index is -0.748. The molecule has 6 heteroatoms. The highest BCUT2D eigenvalue weighted by Crippen LogP contribution is 2.33. The number of ether oxygens (including phenoxy) is 6. The molecule has 170 valence electrons. The van der Waals surface area contributed by atoms with Gasteiger partial charge in [-0.3, -0.25) is 0 Å². The first-order valence-corrected chi connectivity index (χ1v) is 10.7. The number of hydrogen-bond acceptors (Lipinski definition) is 6. The Balaban J connectivity index is 1.59. The molecule has 0 saturated carbocycles. The summed E-state index contributed by atoms with van der Waals surface area (Å²) in [5, 5.41) is 0. The zero-order valence-electron chi connectivity index (χ0n) is 18.9. The van der Waals surface area contributed by atoms with Crippen molar-refractivity contribution in [2.75, 3.05) is 27.4 Å². The molecule has 0 radical (unpaired) electrons. The molecule has 0 aliphatic carbocycles. The van der Waals surface area contributed by atoms with Crippen LogP contribution in [0.2, 0.25) is 0 Å². The highest BCUT2D eigenvalue weighted by atomic mass is 16.8. The van der Waals surface area contributed by atoms with E-state index in [1.807, 2.05) is 74.5 Å². The summed E-state index contributed by atoms with van der Waals surface area (Å²) in [4.78, 5) is 0. The molecule has 2 aromatic rings. The molecule has 0 spiro atoms. The average molecular weight is 431 g/mol. The van der Waals surface area contributed by atoms with Crippen molar-refractivity contribution < 1.29 is 28.4 Å². The zero-order valence-corrected chi connectivity index (χ0v) is 18.9. The Hall–Kier alpha value is -1.80. The van der Waals surface area contributed by atoms with Crippen LogP contribution >= 0.6 is 0 Å². The normalized spacial score (nSPS) is 22.3. The van der Waals surface area contributed by atoms with Crippen LogP contribution in [0.1, 0.15) is 25.0 Å². The van der Waals surface area contributed by atoms with E-state index in [9.17, 15) is 0 Å². The van der Waals surface area contributed by atoms with E-state index in [0.29, 0.717) is 26.4 Å². The molecule has 0 bridgehead atoms. The van der Waals surface area contributed by atoms with E-state index in [0.717, 1.165) is 11.1 Å².